The van der Waals surface area contributed by atoms with Crippen LogP contribution in [0.4, 0.5) is 0 Å². The molecule has 4 heteroatoms. The van der Waals surface area contributed by atoms with Gasteiger partial charge in [0.1, 0.15) is 0 Å². The molecule has 0 spiro atoms. The highest BCUT2D eigenvalue weighted by atomic mass is 28.4. The van der Waals surface area contributed by atoms with Crippen molar-refractivity contribution >= 4 is 8.32 Å². The van der Waals surface area contributed by atoms with E-state index in [9.17, 15) is 0 Å². The predicted octanol–water partition coefficient (Wildman–Crippen LogP) is 0.564. The van der Waals surface area contributed by atoms with Gasteiger partial charge in [0.2, 0.25) is 0 Å². The van der Waals surface area contributed by atoms with Crippen LogP contribution >= 0.6 is 0 Å². The largest absolute Gasteiger partial charge is 0.411 e. The fraction of sp³-hybridized carbons (Fsp3) is 1.00. The van der Waals surface area contributed by atoms with E-state index in [4.69, 9.17) is 14.9 Å². The number of nitrogens with two attached hydrogens (primary N) is 1. The second-order valence-electron chi connectivity index (χ2n) is 3.97. The Hall–Kier alpha value is 0.0969. The summed E-state index contributed by atoms with van der Waals surface area (Å²) < 4.78 is 11.0. The second kappa shape index (κ2) is 3.22. The Labute approximate surface area is 69.0 Å². The standard InChI is InChI=1S/C7H17NO2Si/c1-11(2,3)10-7-5-9-4-6(7)8/h6-7H,4-5,8H2,1-3H3/t6-,7-/m1/s1. The Morgan fingerprint density at radius 1 is 1.36 bits per heavy atom. The van der Waals surface area contributed by atoms with E-state index in [2.05, 4.69) is 19.6 Å². The van der Waals surface area contributed by atoms with E-state index in [1.54, 1.807) is 0 Å². The Morgan fingerprint density at radius 3 is 2.36 bits per heavy atom. The van der Waals surface area contributed by atoms with Crippen LogP contribution in [-0.2, 0) is 9.16 Å². The summed E-state index contributed by atoms with van der Waals surface area (Å²) in [5.41, 5.74) is 5.76. The highest BCUT2D eigenvalue weighted by Gasteiger charge is 2.30. The average Bonchev–Trinajstić information content (AvgIpc) is 2.12. The molecule has 0 radical (unpaired) electrons. The molecule has 3 nitrogen and oxygen atoms in total. The van der Waals surface area contributed by atoms with Crippen LogP contribution in [0.15, 0.2) is 0 Å². The maximum atomic E-state index is 5.80. The SMILES string of the molecule is C[Si](C)(C)O[C@@H]1COC[C@H]1N. The number of hydrogen-bond acceptors (Lipinski definition) is 3. The number of hydrogen-bond donors (Lipinski definition) is 1. The first-order chi connectivity index (χ1) is 4.99. The zero-order valence-corrected chi connectivity index (χ0v) is 8.46. The van der Waals surface area contributed by atoms with E-state index in [1.807, 2.05) is 0 Å². The summed E-state index contributed by atoms with van der Waals surface area (Å²) in [6.45, 7) is 7.81. The molecule has 0 aromatic carbocycles. The fourth-order valence-electron chi connectivity index (χ4n) is 1.13. The smallest absolute Gasteiger partial charge is 0.184 e. The normalized spacial score (nSPS) is 32.7. The van der Waals surface area contributed by atoms with Gasteiger partial charge in [-0.05, 0) is 19.6 Å². The van der Waals surface area contributed by atoms with E-state index >= 15 is 0 Å². The highest BCUT2D eigenvalue weighted by molar-refractivity contribution is 6.69. The molecule has 11 heavy (non-hydrogen) atoms. The van der Waals surface area contributed by atoms with E-state index < -0.39 is 8.32 Å². The molecule has 0 saturated carbocycles. The van der Waals surface area contributed by atoms with Crippen LogP contribution in [0, 0.1) is 0 Å². The van der Waals surface area contributed by atoms with E-state index in [0.717, 1.165) is 0 Å². The average molecular weight is 175 g/mol. The van der Waals surface area contributed by atoms with Crippen molar-refractivity contribution in [1.29, 1.82) is 0 Å². The third-order valence-electron chi connectivity index (χ3n) is 1.57. The molecule has 0 amide bonds. The summed E-state index contributed by atoms with van der Waals surface area (Å²) in [5, 5.41) is 0. The molecule has 0 aliphatic carbocycles. The van der Waals surface area contributed by atoms with Crippen LogP contribution in [0.2, 0.25) is 19.6 Å². The molecule has 1 heterocycles. The number of ether oxygens (including phenoxy) is 1. The predicted molar refractivity (Wildman–Crippen MR) is 47.0 cm³/mol. The molecule has 2 N–H and O–H groups in total. The van der Waals surface area contributed by atoms with Crippen LogP contribution in [0.1, 0.15) is 0 Å². The molecule has 1 fully saturated rings. The van der Waals surface area contributed by atoms with Crippen LogP contribution in [-0.4, -0.2) is 33.7 Å². The van der Waals surface area contributed by atoms with Crippen LogP contribution in [0.25, 0.3) is 0 Å². The molecule has 1 aliphatic rings. The first-order valence-electron chi connectivity index (χ1n) is 4.00. The molecule has 0 bridgehead atoms. The van der Waals surface area contributed by atoms with Crippen molar-refractivity contribution in [2.24, 2.45) is 5.73 Å². The van der Waals surface area contributed by atoms with Crippen LogP contribution in [0.5, 0.6) is 0 Å². The molecular formula is C7H17NO2Si. The lowest BCUT2D eigenvalue weighted by atomic mass is 10.2. The summed E-state index contributed by atoms with van der Waals surface area (Å²) >= 11 is 0. The van der Waals surface area contributed by atoms with Crippen molar-refractivity contribution < 1.29 is 9.16 Å². The van der Waals surface area contributed by atoms with Gasteiger partial charge in [0.15, 0.2) is 8.32 Å². The lowest BCUT2D eigenvalue weighted by Gasteiger charge is -2.24. The van der Waals surface area contributed by atoms with Crippen molar-refractivity contribution in [3.05, 3.63) is 0 Å². The maximum absolute atomic E-state index is 5.80. The van der Waals surface area contributed by atoms with Gasteiger partial charge in [-0.2, -0.15) is 0 Å². The summed E-state index contributed by atoms with van der Waals surface area (Å²) in [5.74, 6) is 0. The third-order valence-corrected chi connectivity index (χ3v) is 2.58. The quantitative estimate of drug-likeness (QED) is 0.624. The molecule has 1 saturated heterocycles. The van der Waals surface area contributed by atoms with E-state index in [0.29, 0.717) is 13.2 Å². The summed E-state index contributed by atoms with van der Waals surface area (Å²) in [7, 11) is -1.42. The minimum atomic E-state index is -1.42. The molecule has 1 rings (SSSR count). The highest BCUT2D eigenvalue weighted by Crippen LogP contribution is 2.14. The van der Waals surface area contributed by atoms with Gasteiger partial charge in [0.05, 0.1) is 25.4 Å². The van der Waals surface area contributed by atoms with Gasteiger partial charge in [-0.15, -0.1) is 0 Å². The van der Waals surface area contributed by atoms with E-state index in [1.165, 1.54) is 0 Å². The van der Waals surface area contributed by atoms with Gasteiger partial charge >= 0.3 is 0 Å². The summed E-state index contributed by atoms with van der Waals surface area (Å²) in [4.78, 5) is 0. The van der Waals surface area contributed by atoms with Crippen molar-refractivity contribution in [2.75, 3.05) is 13.2 Å². The molecular weight excluding hydrogens is 158 g/mol. The van der Waals surface area contributed by atoms with Crippen molar-refractivity contribution in [3.63, 3.8) is 0 Å². The Kier molecular flexibility index (Phi) is 2.69. The van der Waals surface area contributed by atoms with Gasteiger partial charge < -0.3 is 14.9 Å². The molecule has 66 valence electrons. The topological polar surface area (TPSA) is 44.5 Å². The Balaban J connectivity index is 2.37. The van der Waals surface area contributed by atoms with Gasteiger partial charge in [-0.1, -0.05) is 0 Å². The van der Waals surface area contributed by atoms with Crippen molar-refractivity contribution in [1.82, 2.24) is 0 Å². The zero-order valence-electron chi connectivity index (χ0n) is 7.46. The molecule has 2 atom stereocenters. The summed E-state index contributed by atoms with van der Waals surface area (Å²) in [6.07, 6.45) is 0.140. The monoisotopic (exact) mass is 175 g/mol. The van der Waals surface area contributed by atoms with Crippen LogP contribution in [0.3, 0.4) is 0 Å². The fourth-order valence-corrected chi connectivity index (χ4v) is 2.28. The molecule has 0 unspecified atom stereocenters. The minimum absolute atomic E-state index is 0.0849. The van der Waals surface area contributed by atoms with Crippen LogP contribution < -0.4 is 5.73 Å². The van der Waals surface area contributed by atoms with Gasteiger partial charge in [-0.25, -0.2) is 0 Å². The summed E-state index contributed by atoms with van der Waals surface area (Å²) in [6, 6.07) is 0.0849. The van der Waals surface area contributed by atoms with Gasteiger partial charge in [-0.3, -0.25) is 0 Å². The first kappa shape index (κ1) is 9.19. The Morgan fingerprint density at radius 2 is 2.00 bits per heavy atom. The molecule has 0 aromatic heterocycles. The lowest BCUT2D eigenvalue weighted by Crippen LogP contribution is -2.42. The molecule has 1 aliphatic heterocycles. The zero-order chi connectivity index (χ0) is 8.48. The maximum Gasteiger partial charge on any atom is 0.184 e. The van der Waals surface area contributed by atoms with Crippen molar-refractivity contribution in [3.8, 4) is 0 Å². The minimum Gasteiger partial charge on any atom is -0.411 e. The Bertz CT molecular complexity index is 135. The second-order valence-corrected chi connectivity index (χ2v) is 8.43. The molecule has 0 aromatic rings. The lowest BCUT2D eigenvalue weighted by molar-refractivity contribution is 0.136. The van der Waals surface area contributed by atoms with E-state index in [-0.39, 0.29) is 12.1 Å². The van der Waals surface area contributed by atoms with Gasteiger partial charge in [0.25, 0.3) is 0 Å². The van der Waals surface area contributed by atoms with Crippen molar-refractivity contribution in [2.45, 2.75) is 31.8 Å². The number of rotatable bonds is 2. The third kappa shape index (κ3) is 2.90. The van der Waals surface area contributed by atoms with Gasteiger partial charge in [0, 0.05) is 0 Å². The first-order valence-corrected chi connectivity index (χ1v) is 7.41.